The SMILES string of the molecule is CC1Oc2ccc(S(=O)(=O)N3CCN(C(=O)c4ccc(N(C)C)cc4)CC3)cc2NC1=O. The molecule has 9 nitrogen and oxygen atoms in total. The van der Waals surface area contributed by atoms with Crippen molar-refractivity contribution in [3.8, 4) is 5.75 Å². The van der Waals surface area contributed by atoms with Gasteiger partial charge < -0.3 is 19.9 Å². The summed E-state index contributed by atoms with van der Waals surface area (Å²) < 4.78 is 33.1. The van der Waals surface area contributed by atoms with Gasteiger partial charge in [0.05, 0.1) is 10.6 Å². The van der Waals surface area contributed by atoms with Crippen molar-refractivity contribution in [2.45, 2.75) is 17.9 Å². The van der Waals surface area contributed by atoms with Gasteiger partial charge in [-0.3, -0.25) is 9.59 Å². The summed E-state index contributed by atoms with van der Waals surface area (Å²) in [6, 6.07) is 11.8. The number of sulfonamides is 1. The summed E-state index contributed by atoms with van der Waals surface area (Å²) in [4.78, 5) is 28.4. The molecular weight excluding hydrogens is 432 g/mol. The maximum absolute atomic E-state index is 13.1. The third kappa shape index (κ3) is 4.15. The van der Waals surface area contributed by atoms with Crippen LogP contribution in [-0.4, -0.2) is 75.8 Å². The molecule has 1 N–H and O–H groups in total. The first-order chi connectivity index (χ1) is 15.2. The molecule has 2 amide bonds. The summed E-state index contributed by atoms with van der Waals surface area (Å²) in [6.45, 7) is 2.62. The number of benzene rings is 2. The Kier molecular flexibility index (Phi) is 5.83. The third-order valence-corrected chi connectivity index (χ3v) is 7.57. The average Bonchev–Trinajstić information content (AvgIpc) is 2.79. The lowest BCUT2D eigenvalue weighted by Gasteiger charge is -2.34. The highest BCUT2D eigenvalue weighted by Crippen LogP contribution is 2.33. The fraction of sp³-hybridized carbons (Fsp3) is 0.364. The highest BCUT2D eigenvalue weighted by atomic mass is 32.2. The highest BCUT2D eigenvalue weighted by Gasteiger charge is 2.32. The van der Waals surface area contributed by atoms with Crippen LogP contribution in [0.2, 0.25) is 0 Å². The van der Waals surface area contributed by atoms with E-state index in [0.717, 1.165) is 5.69 Å². The van der Waals surface area contributed by atoms with Crippen LogP contribution < -0.4 is 15.0 Å². The number of nitrogens with one attached hydrogen (secondary N) is 1. The quantitative estimate of drug-likeness (QED) is 0.748. The summed E-state index contributed by atoms with van der Waals surface area (Å²) in [5, 5.41) is 2.67. The number of amides is 2. The molecule has 32 heavy (non-hydrogen) atoms. The van der Waals surface area contributed by atoms with E-state index in [1.807, 2.05) is 31.1 Å². The molecule has 0 bridgehead atoms. The molecule has 1 fully saturated rings. The average molecular weight is 459 g/mol. The number of rotatable bonds is 4. The van der Waals surface area contributed by atoms with Gasteiger partial charge in [0.1, 0.15) is 5.75 Å². The van der Waals surface area contributed by atoms with Gasteiger partial charge in [-0.25, -0.2) is 8.42 Å². The standard InChI is InChI=1S/C22H26N4O5S/c1-15-21(27)23-19-14-18(8-9-20(19)31-15)32(29,30)26-12-10-25(11-13-26)22(28)16-4-6-17(7-5-16)24(2)3/h4-9,14-15H,10-13H2,1-3H3,(H,23,27). The second-order valence-electron chi connectivity index (χ2n) is 8.04. The lowest BCUT2D eigenvalue weighted by Crippen LogP contribution is -2.50. The van der Waals surface area contributed by atoms with Crippen LogP contribution in [0.1, 0.15) is 17.3 Å². The monoisotopic (exact) mass is 458 g/mol. The van der Waals surface area contributed by atoms with E-state index in [4.69, 9.17) is 4.74 Å². The van der Waals surface area contributed by atoms with E-state index in [-0.39, 0.29) is 29.8 Å². The van der Waals surface area contributed by atoms with Gasteiger partial charge in [-0.05, 0) is 49.4 Å². The van der Waals surface area contributed by atoms with Gasteiger partial charge in [0.25, 0.3) is 11.8 Å². The number of carbonyl (C=O) groups is 2. The Labute approximate surface area is 187 Å². The Bertz CT molecular complexity index is 1140. The molecule has 0 aliphatic carbocycles. The minimum absolute atomic E-state index is 0.0775. The number of hydrogen-bond acceptors (Lipinski definition) is 6. The van der Waals surface area contributed by atoms with Gasteiger partial charge in [-0.15, -0.1) is 0 Å². The van der Waals surface area contributed by atoms with Crippen LogP contribution in [0.4, 0.5) is 11.4 Å². The predicted octanol–water partition coefficient (Wildman–Crippen LogP) is 1.62. The van der Waals surface area contributed by atoms with Crippen LogP contribution in [0.5, 0.6) is 5.75 Å². The molecule has 0 saturated carbocycles. The summed E-state index contributed by atoms with van der Waals surface area (Å²) in [5.41, 5.74) is 1.91. The molecule has 0 aromatic heterocycles. The second kappa shape index (κ2) is 8.44. The maximum Gasteiger partial charge on any atom is 0.265 e. The highest BCUT2D eigenvalue weighted by molar-refractivity contribution is 7.89. The van der Waals surface area contributed by atoms with Gasteiger partial charge >= 0.3 is 0 Å². The molecule has 2 aromatic rings. The van der Waals surface area contributed by atoms with E-state index in [2.05, 4.69) is 5.32 Å². The lowest BCUT2D eigenvalue weighted by molar-refractivity contribution is -0.122. The number of anilines is 2. The van der Waals surface area contributed by atoms with Crippen molar-refractivity contribution in [3.05, 3.63) is 48.0 Å². The first-order valence-corrected chi connectivity index (χ1v) is 11.8. The minimum atomic E-state index is -3.77. The second-order valence-corrected chi connectivity index (χ2v) is 9.98. The summed E-state index contributed by atoms with van der Waals surface area (Å²) in [7, 11) is 0.0897. The number of carbonyl (C=O) groups excluding carboxylic acids is 2. The molecule has 170 valence electrons. The van der Waals surface area contributed by atoms with Crippen molar-refractivity contribution in [1.29, 1.82) is 0 Å². The smallest absolute Gasteiger partial charge is 0.265 e. The first kappa shape index (κ1) is 22.1. The summed E-state index contributed by atoms with van der Waals surface area (Å²) in [6.07, 6.45) is -0.630. The fourth-order valence-electron chi connectivity index (χ4n) is 3.71. The Morgan fingerprint density at radius 1 is 1.06 bits per heavy atom. The van der Waals surface area contributed by atoms with E-state index < -0.39 is 16.1 Å². The molecule has 1 unspecified atom stereocenters. The Hall–Kier alpha value is -3.11. The third-order valence-electron chi connectivity index (χ3n) is 5.68. The lowest BCUT2D eigenvalue weighted by atomic mass is 10.1. The van der Waals surface area contributed by atoms with E-state index in [9.17, 15) is 18.0 Å². The molecular formula is C22H26N4O5S. The molecule has 2 aliphatic rings. The van der Waals surface area contributed by atoms with Crippen LogP contribution >= 0.6 is 0 Å². The van der Waals surface area contributed by atoms with Crippen LogP contribution in [0.25, 0.3) is 0 Å². The number of ether oxygens (including phenoxy) is 1. The summed E-state index contributed by atoms with van der Waals surface area (Å²) in [5.74, 6) is -0.000318. The van der Waals surface area contributed by atoms with Crippen molar-refractivity contribution in [2.75, 3.05) is 50.5 Å². The van der Waals surface area contributed by atoms with Crippen molar-refractivity contribution in [3.63, 3.8) is 0 Å². The zero-order valence-corrected chi connectivity index (χ0v) is 19.1. The van der Waals surface area contributed by atoms with Crippen molar-refractivity contribution in [2.24, 2.45) is 0 Å². The fourth-order valence-corrected chi connectivity index (χ4v) is 5.16. The largest absolute Gasteiger partial charge is 0.479 e. The number of nitrogens with zero attached hydrogens (tertiary/aromatic N) is 3. The van der Waals surface area contributed by atoms with Crippen LogP contribution in [0, 0.1) is 0 Å². The van der Waals surface area contributed by atoms with E-state index in [0.29, 0.717) is 30.1 Å². The first-order valence-electron chi connectivity index (χ1n) is 10.4. The molecule has 2 aliphatic heterocycles. The normalized spacial score (nSPS) is 19.0. The van der Waals surface area contributed by atoms with E-state index in [1.165, 1.54) is 16.4 Å². The van der Waals surface area contributed by atoms with Crippen LogP contribution in [0.3, 0.4) is 0 Å². The molecule has 2 aromatic carbocycles. The van der Waals surface area contributed by atoms with E-state index in [1.54, 1.807) is 30.0 Å². The molecule has 0 spiro atoms. The van der Waals surface area contributed by atoms with Gasteiger partial charge in [0.15, 0.2) is 6.10 Å². The molecule has 4 rings (SSSR count). The number of piperazine rings is 1. The van der Waals surface area contributed by atoms with E-state index >= 15 is 0 Å². The van der Waals surface area contributed by atoms with Crippen LogP contribution in [0.15, 0.2) is 47.4 Å². The van der Waals surface area contributed by atoms with Crippen molar-refractivity contribution < 1.29 is 22.7 Å². The van der Waals surface area contributed by atoms with Crippen molar-refractivity contribution >= 4 is 33.2 Å². The molecule has 1 saturated heterocycles. The maximum atomic E-state index is 13.1. The molecule has 2 heterocycles. The zero-order chi connectivity index (χ0) is 23.0. The Balaban J connectivity index is 1.44. The van der Waals surface area contributed by atoms with Gasteiger partial charge in [0.2, 0.25) is 10.0 Å². The minimum Gasteiger partial charge on any atom is -0.479 e. The number of fused-ring (bicyclic) bond motifs is 1. The molecule has 0 radical (unpaired) electrons. The molecule has 1 atom stereocenters. The molecule has 10 heteroatoms. The van der Waals surface area contributed by atoms with Gasteiger partial charge in [-0.2, -0.15) is 4.31 Å². The Morgan fingerprint density at radius 3 is 2.34 bits per heavy atom. The predicted molar refractivity (Wildman–Crippen MR) is 121 cm³/mol. The topological polar surface area (TPSA) is 99.3 Å². The van der Waals surface area contributed by atoms with Gasteiger partial charge in [0, 0.05) is 51.5 Å². The van der Waals surface area contributed by atoms with Gasteiger partial charge in [-0.1, -0.05) is 0 Å². The Morgan fingerprint density at radius 2 is 1.72 bits per heavy atom. The number of hydrogen-bond donors (Lipinski definition) is 1. The summed E-state index contributed by atoms with van der Waals surface area (Å²) >= 11 is 0. The van der Waals surface area contributed by atoms with Crippen molar-refractivity contribution in [1.82, 2.24) is 9.21 Å². The zero-order valence-electron chi connectivity index (χ0n) is 18.2. The van der Waals surface area contributed by atoms with Crippen LogP contribution in [-0.2, 0) is 14.8 Å².